The molecule has 0 saturated heterocycles. The second kappa shape index (κ2) is 4.47. The summed E-state index contributed by atoms with van der Waals surface area (Å²) in [7, 11) is 0. The van der Waals surface area contributed by atoms with E-state index in [0.717, 1.165) is 6.07 Å². The zero-order valence-corrected chi connectivity index (χ0v) is 10.4. The summed E-state index contributed by atoms with van der Waals surface area (Å²) in [4.78, 5) is 17.7. The van der Waals surface area contributed by atoms with E-state index in [0.29, 0.717) is 35.3 Å². The van der Waals surface area contributed by atoms with Gasteiger partial charge in [0.2, 0.25) is 5.88 Å². The van der Waals surface area contributed by atoms with Crippen molar-refractivity contribution in [3.63, 3.8) is 0 Å². The first-order valence-corrected chi connectivity index (χ1v) is 5.91. The molecular weight excluding hydrogens is 272 g/mol. The number of rotatable bonds is 1. The van der Waals surface area contributed by atoms with Crippen molar-refractivity contribution in [1.82, 2.24) is 9.97 Å². The monoisotopic (exact) mass is 280 g/mol. The fraction of sp³-hybridized carbons (Fsp3) is 0.167. The van der Waals surface area contributed by atoms with Crippen LogP contribution in [0.2, 0.25) is 5.02 Å². The molecule has 0 aliphatic carbocycles. The summed E-state index contributed by atoms with van der Waals surface area (Å²) in [5.41, 5.74) is 0.0794. The van der Waals surface area contributed by atoms with E-state index in [1.807, 2.05) is 0 Å². The van der Waals surface area contributed by atoms with E-state index in [2.05, 4.69) is 9.97 Å². The van der Waals surface area contributed by atoms with Gasteiger partial charge in [-0.25, -0.2) is 0 Å². The van der Waals surface area contributed by atoms with Crippen LogP contribution in [0.1, 0.15) is 0 Å². The molecule has 0 saturated carbocycles. The van der Waals surface area contributed by atoms with Gasteiger partial charge in [-0.3, -0.25) is 4.79 Å². The van der Waals surface area contributed by atoms with E-state index in [9.17, 15) is 9.90 Å². The zero-order chi connectivity index (χ0) is 13.4. The molecule has 1 aromatic heterocycles. The van der Waals surface area contributed by atoms with Crippen LogP contribution in [-0.2, 0) is 0 Å². The van der Waals surface area contributed by atoms with Crippen molar-refractivity contribution in [3.8, 4) is 28.8 Å². The summed E-state index contributed by atoms with van der Waals surface area (Å²) in [6.07, 6.45) is 0. The number of nitrogens with zero attached hydrogens (tertiary/aromatic N) is 1. The second-order valence-corrected chi connectivity index (χ2v) is 4.34. The van der Waals surface area contributed by atoms with E-state index in [1.54, 1.807) is 12.1 Å². The Balaban J connectivity index is 2.15. The molecule has 0 unspecified atom stereocenters. The van der Waals surface area contributed by atoms with E-state index in [4.69, 9.17) is 21.1 Å². The summed E-state index contributed by atoms with van der Waals surface area (Å²) in [5.74, 6) is 0.813. The van der Waals surface area contributed by atoms with Gasteiger partial charge in [0.15, 0.2) is 11.5 Å². The average molecular weight is 281 g/mol. The number of aromatic amines is 1. The molecular formula is C12H9ClN2O4. The second-order valence-electron chi connectivity index (χ2n) is 3.93. The van der Waals surface area contributed by atoms with Crippen LogP contribution in [0.15, 0.2) is 23.0 Å². The van der Waals surface area contributed by atoms with Crippen molar-refractivity contribution in [2.75, 3.05) is 13.2 Å². The predicted octanol–water partition coefficient (Wildman–Crippen LogP) is 1.57. The topological polar surface area (TPSA) is 84.4 Å². The highest BCUT2D eigenvalue weighted by atomic mass is 35.5. The maximum absolute atomic E-state index is 11.3. The van der Waals surface area contributed by atoms with Gasteiger partial charge >= 0.3 is 0 Å². The lowest BCUT2D eigenvalue weighted by molar-refractivity contribution is 0.172. The van der Waals surface area contributed by atoms with Gasteiger partial charge in [-0.2, -0.15) is 4.98 Å². The minimum Gasteiger partial charge on any atom is -0.493 e. The highest BCUT2D eigenvalue weighted by Crippen LogP contribution is 2.40. The molecule has 19 heavy (non-hydrogen) atoms. The third-order valence-electron chi connectivity index (χ3n) is 2.60. The molecule has 0 bridgehead atoms. The summed E-state index contributed by atoms with van der Waals surface area (Å²) in [5, 5.41) is 9.70. The average Bonchev–Trinajstić information content (AvgIpc) is 2.37. The maximum atomic E-state index is 11.3. The number of H-pyrrole nitrogens is 1. The Morgan fingerprint density at radius 1 is 1.26 bits per heavy atom. The van der Waals surface area contributed by atoms with Gasteiger partial charge < -0.3 is 19.6 Å². The summed E-state index contributed by atoms with van der Waals surface area (Å²) in [6.45, 7) is 0.865. The SMILES string of the molecule is O=c1cc(O)nc(-c2cc(Cl)c3c(c2)OCCO3)[nH]1. The van der Waals surface area contributed by atoms with E-state index in [-0.39, 0.29) is 11.7 Å². The van der Waals surface area contributed by atoms with Crippen LogP contribution in [0, 0.1) is 0 Å². The molecule has 6 nitrogen and oxygen atoms in total. The van der Waals surface area contributed by atoms with Gasteiger partial charge in [-0.05, 0) is 12.1 Å². The van der Waals surface area contributed by atoms with Crippen LogP contribution in [-0.4, -0.2) is 28.3 Å². The lowest BCUT2D eigenvalue weighted by Gasteiger charge is -2.20. The fourth-order valence-corrected chi connectivity index (χ4v) is 2.09. The van der Waals surface area contributed by atoms with Crippen molar-refractivity contribution in [1.29, 1.82) is 0 Å². The van der Waals surface area contributed by atoms with Crippen LogP contribution in [0.5, 0.6) is 17.4 Å². The lowest BCUT2D eigenvalue weighted by atomic mass is 10.2. The van der Waals surface area contributed by atoms with Crippen molar-refractivity contribution >= 4 is 11.6 Å². The van der Waals surface area contributed by atoms with Gasteiger partial charge in [0.05, 0.1) is 11.1 Å². The standard InChI is InChI=1S/C12H9ClN2O4/c13-7-3-6(4-8-11(7)19-2-1-18-8)12-14-9(16)5-10(17)15-12/h3-5H,1-2H2,(H2,14,15,16,17). The molecule has 7 heteroatoms. The molecule has 3 rings (SSSR count). The Kier molecular flexibility index (Phi) is 2.79. The van der Waals surface area contributed by atoms with E-state index in [1.165, 1.54) is 0 Å². The van der Waals surface area contributed by atoms with Gasteiger partial charge in [-0.1, -0.05) is 11.6 Å². The van der Waals surface area contributed by atoms with E-state index >= 15 is 0 Å². The Labute approximate surface area is 112 Å². The molecule has 0 spiro atoms. The van der Waals surface area contributed by atoms with Crippen LogP contribution in [0.25, 0.3) is 11.4 Å². The third-order valence-corrected chi connectivity index (χ3v) is 2.88. The molecule has 2 N–H and O–H groups in total. The Morgan fingerprint density at radius 3 is 2.84 bits per heavy atom. The largest absolute Gasteiger partial charge is 0.493 e. The highest BCUT2D eigenvalue weighted by Gasteiger charge is 2.18. The number of hydrogen-bond donors (Lipinski definition) is 2. The first-order valence-electron chi connectivity index (χ1n) is 5.53. The number of fused-ring (bicyclic) bond motifs is 1. The first kappa shape index (κ1) is 11.9. The number of aromatic hydroxyl groups is 1. The molecule has 1 aromatic carbocycles. The van der Waals surface area contributed by atoms with Crippen molar-refractivity contribution in [3.05, 3.63) is 33.6 Å². The number of aromatic nitrogens is 2. The van der Waals surface area contributed by atoms with Gasteiger partial charge in [-0.15, -0.1) is 0 Å². The van der Waals surface area contributed by atoms with Crippen molar-refractivity contribution in [2.24, 2.45) is 0 Å². The molecule has 2 aromatic rings. The van der Waals surface area contributed by atoms with Gasteiger partial charge in [0.25, 0.3) is 5.56 Å². The van der Waals surface area contributed by atoms with Crippen molar-refractivity contribution < 1.29 is 14.6 Å². The summed E-state index contributed by atoms with van der Waals surface area (Å²) < 4.78 is 10.8. The van der Waals surface area contributed by atoms with Crippen LogP contribution in [0.3, 0.4) is 0 Å². The fourth-order valence-electron chi connectivity index (χ4n) is 1.83. The molecule has 0 fully saturated rings. The van der Waals surface area contributed by atoms with Gasteiger partial charge in [0.1, 0.15) is 19.0 Å². The minimum atomic E-state index is -0.450. The molecule has 0 amide bonds. The van der Waals surface area contributed by atoms with Crippen molar-refractivity contribution in [2.45, 2.75) is 0 Å². The Morgan fingerprint density at radius 2 is 2.05 bits per heavy atom. The molecule has 2 heterocycles. The van der Waals surface area contributed by atoms with E-state index < -0.39 is 5.56 Å². The van der Waals surface area contributed by atoms with Crippen LogP contribution in [0.4, 0.5) is 0 Å². The summed E-state index contributed by atoms with van der Waals surface area (Å²) in [6, 6.07) is 4.23. The minimum absolute atomic E-state index is 0.212. The zero-order valence-electron chi connectivity index (χ0n) is 9.64. The number of halogens is 1. The number of ether oxygens (including phenoxy) is 2. The van der Waals surface area contributed by atoms with Gasteiger partial charge in [0, 0.05) is 5.56 Å². The molecule has 98 valence electrons. The molecule has 1 aliphatic rings. The normalized spacial score (nSPS) is 13.3. The quantitative estimate of drug-likeness (QED) is 0.828. The summed E-state index contributed by atoms with van der Waals surface area (Å²) >= 11 is 6.09. The van der Waals surface area contributed by atoms with Crippen LogP contribution < -0.4 is 15.0 Å². The number of hydrogen-bond acceptors (Lipinski definition) is 5. The highest BCUT2D eigenvalue weighted by molar-refractivity contribution is 6.32. The lowest BCUT2D eigenvalue weighted by Crippen LogP contribution is -2.16. The number of nitrogens with one attached hydrogen (secondary N) is 1. The smallest absolute Gasteiger partial charge is 0.254 e. The predicted molar refractivity (Wildman–Crippen MR) is 68.0 cm³/mol. The first-order chi connectivity index (χ1) is 9.13. The Hall–Kier alpha value is -2.21. The Bertz CT molecular complexity index is 699. The van der Waals surface area contributed by atoms with Crippen LogP contribution >= 0.6 is 11.6 Å². The molecule has 0 atom stereocenters. The molecule has 1 aliphatic heterocycles. The number of benzene rings is 1. The molecule has 0 radical (unpaired) electrons. The maximum Gasteiger partial charge on any atom is 0.254 e. The third kappa shape index (κ3) is 2.22.